The van der Waals surface area contributed by atoms with Crippen LogP contribution in [0, 0.1) is 17.2 Å². The van der Waals surface area contributed by atoms with Gasteiger partial charge in [0.15, 0.2) is 0 Å². The molecule has 1 aromatic carbocycles. The van der Waals surface area contributed by atoms with E-state index >= 15 is 0 Å². The predicted octanol–water partition coefficient (Wildman–Crippen LogP) is 2.87. The molecule has 1 aliphatic carbocycles. The SMILES string of the molecule is CC(C)(CNC(=O)c1cc(C(N)=O)ccc1F)C1CCCC1. The van der Waals surface area contributed by atoms with Gasteiger partial charge in [0, 0.05) is 12.1 Å². The molecule has 2 rings (SSSR count). The molecule has 0 atom stereocenters. The van der Waals surface area contributed by atoms with Gasteiger partial charge in [-0.05, 0) is 42.4 Å². The quantitative estimate of drug-likeness (QED) is 0.878. The number of amides is 2. The number of carbonyl (C=O) groups excluding carboxylic acids is 2. The maximum Gasteiger partial charge on any atom is 0.254 e. The van der Waals surface area contributed by atoms with Gasteiger partial charge in [-0.25, -0.2) is 4.39 Å². The first kappa shape index (κ1) is 16.5. The van der Waals surface area contributed by atoms with Crippen LogP contribution in [0.1, 0.15) is 60.2 Å². The van der Waals surface area contributed by atoms with Gasteiger partial charge in [0.1, 0.15) is 5.82 Å². The summed E-state index contributed by atoms with van der Waals surface area (Å²) < 4.78 is 13.8. The summed E-state index contributed by atoms with van der Waals surface area (Å²) in [5, 5.41) is 2.79. The summed E-state index contributed by atoms with van der Waals surface area (Å²) in [4.78, 5) is 23.3. The second kappa shape index (κ2) is 6.46. The van der Waals surface area contributed by atoms with Gasteiger partial charge < -0.3 is 11.1 Å². The third-order valence-corrected chi connectivity index (χ3v) is 4.66. The Bertz CT molecular complexity index is 578. The van der Waals surface area contributed by atoms with E-state index in [4.69, 9.17) is 5.73 Å². The van der Waals surface area contributed by atoms with Gasteiger partial charge in [-0.2, -0.15) is 0 Å². The molecule has 4 nitrogen and oxygen atoms in total. The van der Waals surface area contributed by atoms with Crippen LogP contribution in [0.25, 0.3) is 0 Å². The van der Waals surface area contributed by atoms with Crippen molar-refractivity contribution in [2.45, 2.75) is 39.5 Å². The molecule has 1 aliphatic rings. The average molecular weight is 306 g/mol. The number of primary amides is 1. The second-order valence-corrected chi connectivity index (χ2v) is 6.71. The van der Waals surface area contributed by atoms with Crippen LogP contribution in [0.5, 0.6) is 0 Å². The fourth-order valence-electron chi connectivity index (χ4n) is 3.11. The van der Waals surface area contributed by atoms with E-state index in [-0.39, 0.29) is 16.5 Å². The summed E-state index contributed by atoms with van der Waals surface area (Å²) in [5.74, 6) is -1.26. The predicted molar refractivity (Wildman–Crippen MR) is 83.0 cm³/mol. The Morgan fingerprint density at radius 1 is 1.32 bits per heavy atom. The summed E-state index contributed by atoms with van der Waals surface area (Å²) in [6.07, 6.45) is 4.82. The van der Waals surface area contributed by atoms with Crippen molar-refractivity contribution in [2.75, 3.05) is 6.54 Å². The van der Waals surface area contributed by atoms with Crippen LogP contribution in [0.15, 0.2) is 18.2 Å². The molecular formula is C17H23FN2O2. The molecule has 1 aromatic rings. The van der Waals surface area contributed by atoms with E-state index in [1.807, 2.05) is 0 Å². The van der Waals surface area contributed by atoms with E-state index in [1.54, 1.807) is 0 Å². The van der Waals surface area contributed by atoms with E-state index in [2.05, 4.69) is 19.2 Å². The molecule has 5 heteroatoms. The van der Waals surface area contributed by atoms with Gasteiger partial charge >= 0.3 is 0 Å². The minimum absolute atomic E-state index is 0.0239. The largest absolute Gasteiger partial charge is 0.366 e. The van der Waals surface area contributed by atoms with Crippen LogP contribution >= 0.6 is 0 Å². The second-order valence-electron chi connectivity index (χ2n) is 6.71. The van der Waals surface area contributed by atoms with Gasteiger partial charge in [-0.1, -0.05) is 26.7 Å². The Hall–Kier alpha value is -1.91. The molecule has 22 heavy (non-hydrogen) atoms. The normalized spacial score (nSPS) is 15.8. The molecule has 1 saturated carbocycles. The van der Waals surface area contributed by atoms with Crippen LogP contribution in [0.2, 0.25) is 0 Å². The minimum atomic E-state index is -0.680. The topological polar surface area (TPSA) is 72.2 Å². The monoisotopic (exact) mass is 306 g/mol. The maximum atomic E-state index is 13.8. The van der Waals surface area contributed by atoms with Crippen molar-refractivity contribution in [1.29, 1.82) is 0 Å². The van der Waals surface area contributed by atoms with Crippen LogP contribution in [0.4, 0.5) is 4.39 Å². The first-order valence-corrected chi connectivity index (χ1v) is 7.69. The van der Waals surface area contributed by atoms with Gasteiger partial charge in [-0.3, -0.25) is 9.59 Å². The highest BCUT2D eigenvalue weighted by Gasteiger charge is 2.32. The molecule has 0 aromatic heterocycles. The number of nitrogens with two attached hydrogens (primary N) is 1. The summed E-state index contributed by atoms with van der Waals surface area (Å²) in [7, 11) is 0. The smallest absolute Gasteiger partial charge is 0.254 e. The summed E-state index contributed by atoms with van der Waals surface area (Å²) in [5.41, 5.74) is 5.13. The van der Waals surface area contributed by atoms with Crippen molar-refractivity contribution in [3.8, 4) is 0 Å². The Balaban J connectivity index is 2.06. The van der Waals surface area contributed by atoms with Crippen LogP contribution in [-0.2, 0) is 0 Å². The third kappa shape index (κ3) is 3.64. The number of rotatable bonds is 5. The van der Waals surface area contributed by atoms with Crippen molar-refractivity contribution in [3.05, 3.63) is 35.1 Å². The van der Waals surface area contributed by atoms with E-state index < -0.39 is 17.6 Å². The first-order chi connectivity index (χ1) is 10.3. The molecule has 0 unspecified atom stereocenters. The zero-order valence-electron chi connectivity index (χ0n) is 13.1. The molecule has 2 amide bonds. The lowest BCUT2D eigenvalue weighted by molar-refractivity contribution is 0.0914. The number of hydrogen-bond donors (Lipinski definition) is 2. The standard InChI is InChI=1S/C17H23FN2O2/c1-17(2,12-5-3-4-6-12)10-20-16(22)13-9-11(15(19)21)7-8-14(13)18/h7-9,12H,3-6,10H2,1-2H3,(H2,19,21)(H,20,22). The Morgan fingerprint density at radius 3 is 2.55 bits per heavy atom. The number of carbonyl (C=O) groups is 2. The lowest BCUT2D eigenvalue weighted by Crippen LogP contribution is -2.38. The van der Waals surface area contributed by atoms with Gasteiger partial charge in [0.25, 0.3) is 5.91 Å². The molecule has 0 heterocycles. The fourth-order valence-corrected chi connectivity index (χ4v) is 3.11. The number of hydrogen-bond acceptors (Lipinski definition) is 2. The van der Waals surface area contributed by atoms with Crippen molar-refractivity contribution in [3.63, 3.8) is 0 Å². The van der Waals surface area contributed by atoms with E-state index in [1.165, 1.54) is 37.8 Å². The van der Waals surface area contributed by atoms with Crippen LogP contribution < -0.4 is 11.1 Å². The van der Waals surface area contributed by atoms with Crippen LogP contribution in [0.3, 0.4) is 0 Å². The molecule has 120 valence electrons. The molecule has 3 N–H and O–H groups in total. The highest BCUT2D eigenvalue weighted by molar-refractivity contribution is 5.99. The maximum absolute atomic E-state index is 13.8. The van der Waals surface area contributed by atoms with E-state index in [0.717, 1.165) is 6.07 Å². The Kier molecular flexibility index (Phi) is 4.84. The van der Waals surface area contributed by atoms with Crippen molar-refractivity contribution in [2.24, 2.45) is 17.1 Å². The molecule has 1 fully saturated rings. The third-order valence-electron chi connectivity index (χ3n) is 4.66. The molecule has 0 bridgehead atoms. The lowest BCUT2D eigenvalue weighted by Gasteiger charge is -2.31. The number of benzene rings is 1. The van der Waals surface area contributed by atoms with E-state index in [9.17, 15) is 14.0 Å². The van der Waals surface area contributed by atoms with Gasteiger partial charge in [-0.15, -0.1) is 0 Å². The minimum Gasteiger partial charge on any atom is -0.366 e. The van der Waals surface area contributed by atoms with Crippen molar-refractivity contribution >= 4 is 11.8 Å². The summed E-state index contributed by atoms with van der Waals surface area (Å²) >= 11 is 0. The first-order valence-electron chi connectivity index (χ1n) is 7.69. The molecule has 0 spiro atoms. The number of halogens is 1. The zero-order valence-corrected chi connectivity index (χ0v) is 13.1. The zero-order chi connectivity index (χ0) is 16.3. The molecule has 0 aliphatic heterocycles. The van der Waals surface area contributed by atoms with Crippen LogP contribution in [-0.4, -0.2) is 18.4 Å². The molecule has 0 radical (unpaired) electrons. The highest BCUT2D eigenvalue weighted by atomic mass is 19.1. The summed E-state index contributed by atoms with van der Waals surface area (Å²) in [6.45, 7) is 4.73. The summed E-state index contributed by atoms with van der Waals surface area (Å²) in [6, 6.07) is 3.57. The average Bonchev–Trinajstić information content (AvgIpc) is 3.00. The number of nitrogens with one attached hydrogen (secondary N) is 1. The Morgan fingerprint density at radius 2 is 1.95 bits per heavy atom. The highest BCUT2D eigenvalue weighted by Crippen LogP contribution is 2.39. The van der Waals surface area contributed by atoms with Gasteiger partial charge in [0.05, 0.1) is 5.56 Å². The fraction of sp³-hybridized carbons (Fsp3) is 0.529. The van der Waals surface area contributed by atoms with Crippen molar-refractivity contribution < 1.29 is 14.0 Å². The van der Waals surface area contributed by atoms with Crippen molar-refractivity contribution in [1.82, 2.24) is 5.32 Å². The Labute approximate surface area is 130 Å². The lowest BCUT2D eigenvalue weighted by atomic mass is 9.77. The molecule has 0 saturated heterocycles. The van der Waals surface area contributed by atoms with Gasteiger partial charge in [0.2, 0.25) is 5.91 Å². The van der Waals surface area contributed by atoms with E-state index in [0.29, 0.717) is 12.5 Å². The molecular weight excluding hydrogens is 283 g/mol.